The first kappa shape index (κ1) is 23.0. The van der Waals surface area contributed by atoms with Crippen LogP contribution in [0.5, 0.6) is 11.5 Å². The second-order valence-electron chi connectivity index (χ2n) is 8.63. The Balaban J connectivity index is 1.41. The van der Waals surface area contributed by atoms with Crippen molar-refractivity contribution in [2.75, 3.05) is 10.6 Å². The van der Waals surface area contributed by atoms with E-state index in [1.807, 2.05) is 33.9 Å². The van der Waals surface area contributed by atoms with Crippen molar-refractivity contribution < 1.29 is 13.9 Å². The molecule has 0 aliphatic carbocycles. The highest BCUT2D eigenvalue weighted by molar-refractivity contribution is 5.99. The van der Waals surface area contributed by atoms with Gasteiger partial charge in [-0.2, -0.15) is 10.2 Å². The van der Waals surface area contributed by atoms with Crippen LogP contribution in [0.3, 0.4) is 0 Å². The molecular weight excluding hydrogens is 437 g/mol. The molecule has 176 valence electrons. The third-order valence-electron chi connectivity index (χ3n) is 4.94. The van der Waals surface area contributed by atoms with Crippen molar-refractivity contribution in [3.05, 3.63) is 67.1 Å². The van der Waals surface area contributed by atoms with Crippen LogP contribution in [0.2, 0.25) is 0 Å². The van der Waals surface area contributed by atoms with Gasteiger partial charge >= 0.3 is 6.03 Å². The van der Waals surface area contributed by atoms with Crippen LogP contribution < -0.4 is 15.4 Å². The summed E-state index contributed by atoms with van der Waals surface area (Å²) in [4.78, 5) is 16.6. The van der Waals surface area contributed by atoms with E-state index >= 15 is 0 Å². The minimum Gasteiger partial charge on any atom is -0.457 e. The zero-order valence-electron chi connectivity index (χ0n) is 19.4. The lowest BCUT2D eigenvalue weighted by atomic mass is 10.1. The van der Waals surface area contributed by atoms with Gasteiger partial charge in [0.1, 0.15) is 17.3 Å². The molecule has 2 amide bonds. The molecule has 0 bridgehead atoms. The summed E-state index contributed by atoms with van der Waals surface area (Å²) in [6.45, 7) is 8.75. The van der Waals surface area contributed by atoms with E-state index in [9.17, 15) is 9.18 Å². The fourth-order valence-electron chi connectivity index (χ4n) is 3.14. The molecule has 1 aromatic carbocycles. The Hall–Kier alpha value is -4.21. The molecular formula is C24H26FN7O2. The van der Waals surface area contributed by atoms with Crippen LogP contribution >= 0.6 is 0 Å². The minimum atomic E-state index is -0.628. The van der Waals surface area contributed by atoms with Gasteiger partial charge < -0.3 is 15.4 Å². The Morgan fingerprint density at radius 3 is 2.53 bits per heavy atom. The molecule has 0 atom stereocenters. The molecule has 4 aromatic rings. The zero-order valence-corrected chi connectivity index (χ0v) is 19.4. The number of carbonyl (C=O) groups excluding carboxylic acids is 1. The Morgan fingerprint density at radius 2 is 1.85 bits per heavy atom. The first-order valence-corrected chi connectivity index (χ1v) is 10.8. The molecule has 2 N–H and O–H groups in total. The summed E-state index contributed by atoms with van der Waals surface area (Å²) in [5.41, 5.74) is 1.87. The van der Waals surface area contributed by atoms with Gasteiger partial charge in [-0.15, -0.1) is 0 Å². The average Bonchev–Trinajstić information content (AvgIpc) is 3.45. The van der Waals surface area contributed by atoms with E-state index in [0.29, 0.717) is 17.1 Å². The van der Waals surface area contributed by atoms with Crippen LogP contribution in [0.1, 0.15) is 27.7 Å². The van der Waals surface area contributed by atoms with E-state index < -0.39 is 11.8 Å². The maximum Gasteiger partial charge on any atom is 0.323 e. The summed E-state index contributed by atoms with van der Waals surface area (Å²) in [5.74, 6) is 0.163. The van der Waals surface area contributed by atoms with Gasteiger partial charge in [0.15, 0.2) is 0 Å². The number of rotatable bonds is 6. The van der Waals surface area contributed by atoms with E-state index in [-0.39, 0.29) is 17.0 Å². The smallest absolute Gasteiger partial charge is 0.323 e. The van der Waals surface area contributed by atoms with Crippen LogP contribution in [0.25, 0.3) is 11.3 Å². The predicted octanol–water partition coefficient (Wildman–Crippen LogP) is 5.49. The molecule has 0 spiro atoms. The molecule has 0 saturated heterocycles. The molecule has 4 rings (SSSR count). The number of halogens is 1. The lowest BCUT2D eigenvalue weighted by Crippen LogP contribution is -2.22. The molecule has 3 heterocycles. The van der Waals surface area contributed by atoms with E-state index in [2.05, 4.69) is 25.8 Å². The van der Waals surface area contributed by atoms with Crippen molar-refractivity contribution in [1.82, 2.24) is 24.5 Å². The van der Waals surface area contributed by atoms with Crippen molar-refractivity contribution in [3.63, 3.8) is 0 Å². The standard InChI is InChI=1S/C24H26FN7O2/c1-5-31-14-16(12-27-31)22-11-19(8-9-26-22)34-18-6-7-21(20(25)10-18)30-23(33)29-17-13-28-32(15-17)24(2,3)4/h6-15H,5H2,1-4H3,(H2,29,30,33). The number of nitrogens with one attached hydrogen (secondary N) is 2. The van der Waals surface area contributed by atoms with Crippen molar-refractivity contribution in [1.29, 1.82) is 0 Å². The molecule has 0 unspecified atom stereocenters. The average molecular weight is 464 g/mol. The van der Waals surface area contributed by atoms with E-state index in [4.69, 9.17) is 4.74 Å². The number of pyridine rings is 1. The predicted molar refractivity (Wildman–Crippen MR) is 127 cm³/mol. The van der Waals surface area contributed by atoms with Gasteiger partial charge in [0.25, 0.3) is 0 Å². The molecule has 34 heavy (non-hydrogen) atoms. The highest BCUT2D eigenvalue weighted by Crippen LogP contribution is 2.28. The van der Waals surface area contributed by atoms with Crippen LogP contribution in [0.4, 0.5) is 20.6 Å². The number of amides is 2. The van der Waals surface area contributed by atoms with Crippen molar-refractivity contribution >= 4 is 17.4 Å². The first-order chi connectivity index (χ1) is 16.2. The Bertz CT molecular complexity index is 1310. The lowest BCUT2D eigenvalue weighted by molar-refractivity contribution is 0.262. The fourth-order valence-corrected chi connectivity index (χ4v) is 3.14. The SMILES string of the molecule is CCn1cc(-c2cc(Oc3ccc(NC(=O)Nc4cnn(C(C)(C)C)c4)c(F)c3)ccn2)cn1. The van der Waals surface area contributed by atoms with Gasteiger partial charge in [0, 0.05) is 42.8 Å². The largest absolute Gasteiger partial charge is 0.457 e. The maximum atomic E-state index is 14.6. The van der Waals surface area contributed by atoms with Gasteiger partial charge in [-0.25, -0.2) is 9.18 Å². The second-order valence-corrected chi connectivity index (χ2v) is 8.63. The monoisotopic (exact) mass is 463 g/mol. The number of aromatic nitrogens is 5. The summed E-state index contributed by atoms with van der Waals surface area (Å²) in [7, 11) is 0. The minimum absolute atomic E-state index is 0.0236. The Morgan fingerprint density at radius 1 is 1.06 bits per heavy atom. The molecule has 0 radical (unpaired) electrons. The fraction of sp³-hybridized carbons (Fsp3) is 0.250. The lowest BCUT2D eigenvalue weighted by Gasteiger charge is -2.18. The number of ether oxygens (including phenoxy) is 1. The number of urea groups is 1. The molecule has 0 fully saturated rings. The van der Waals surface area contributed by atoms with Crippen molar-refractivity contribution in [3.8, 4) is 22.8 Å². The number of carbonyl (C=O) groups is 1. The first-order valence-electron chi connectivity index (χ1n) is 10.8. The number of nitrogens with zero attached hydrogens (tertiary/aromatic N) is 5. The number of benzene rings is 1. The molecule has 0 saturated carbocycles. The van der Waals surface area contributed by atoms with Crippen LogP contribution in [-0.2, 0) is 12.1 Å². The Labute approximate surface area is 196 Å². The number of hydrogen-bond acceptors (Lipinski definition) is 5. The summed E-state index contributed by atoms with van der Waals surface area (Å²) in [6, 6.07) is 7.09. The van der Waals surface area contributed by atoms with Gasteiger partial charge in [-0.3, -0.25) is 14.3 Å². The van der Waals surface area contributed by atoms with Crippen LogP contribution in [0.15, 0.2) is 61.3 Å². The quantitative estimate of drug-likeness (QED) is 0.394. The third kappa shape index (κ3) is 5.40. The molecule has 3 aromatic heterocycles. The van der Waals surface area contributed by atoms with Gasteiger partial charge in [-0.1, -0.05) is 0 Å². The maximum absolute atomic E-state index is 14.6. The van der Waals surface area contributed by atoms with Gasteiger partial charge in [-0.05, 0) is 45.9 Å². The summed E-state index contributed by atoms with van der Waals surface area (Å²) >= 11 is 0. The molecule has 9 nitrogen and oxygen atoms in total. The molecule has 10 heteroatoms. The molecule has 0 aliphatic heterocycles. The van der Waals surface area contributed by atoms with Crippen molar-refractivity contribution in [2.24, 2.45) is 0 Å². The number of aryl methyl sites for hydroxylation is 1. The topological polar surface area (TPSA) is 98.9 Å². The normalized spacial score (nSPS) is 11.3. The molecule has 0 aliphatic rings. The van der Waals surface area contributed by atoms with Gasteiger partial charge in [0.2, 0.25) is 0 Å². The van der Waals surface area contributed by atoms with Crippen LogP contribution in [-0.4, -0.2) is 30.6 Å². The highest BCUT2D eigenvalue weighted by atomic mass is 19.1. The zero-order chi connectivity index (χ0) is 24.3. The number of anilines is 2. The summed E-state index contributed by atoms with van der Waals surface area (Å²) in [5, 5.41) is 13.6. The summed E-state index contributed by atoms with van der Waals surface area (Å²) in [6.07, 6.45) is 8.49. The number of hydrogen-bond donors (Lipinski definition) is 2. The van der Waals surface area contributed by atoms with Crippen molar-refractivity contribution in [2.45, 2.75) is 39.8 Å². The Kier molecular flexibility index (Phi) is 6.31. The highest BCUT2D eigenvalue weighted by Gasteiger charge is 2.15. The van der Waals surface area contributed by atoms with Gasteiger partial charge in [0.05, 0.1) is 35.0 Å². The second kappa shape index (κ2) is 9.34. The third-order valence-corrected chi connectivity index (χ3v) is 4.94. The van der Waals surface area contributed by atoms with E-state index in [1.54, 1.807) is 46.2 Å². The van der Waals surface area contributed by atoms with E-state index in [0.717, 1.165) is 12.1 Å². The van der Waals surface area contributed by atoms with E-state index in [1.165, 1.54) is 18.3 Å². The van der Waals surface area contributed by atoms with Crippen LogP contribution in [0, 0.1) is 5.82 Å². The summed E-state index contributed by atoms with van der Waals surface area (Å²) < 4.78 is 24.0.